The third-order valence-electron chi connectivity index (χ3n) is 4.00. The molecule has 24 heavy (non-hydrogen) atoms. The van der Waals surface area contributed by atoms with Crippen molar-refractivity contribution in [3.63, 3.8) is 0 Å². The van der Waals surface area contributed by atoms with E-state index in [0.717, 1.165) is 30.2 Å². The van der Waals surface area contributed by atoms with Gasteiger partial charge in [-0.3, -0.25) is 9.59 Å². The van der Waals surface area contributed by atoms with Crippen molar-refractivity contribution in [2.75, 3.05) is 29.9 Å². The second-order valence-electron chi connectivity index (χ2n) is 6.59. The van der Waals surface area contributed by atoms with Gasteiger partial charge in [0.1, 0.15) is 0 Å². The van der Waals surface area contributed by atoms with E-state index in [1.54, 1.807) is 0 Å². The molecule has 1 atom stereocenters. The predicted octanol–water partition coefficient (Wildman–Crippen LogP) is 2.12. The zero-order chi connectivity index (χ0) is 17.5. The van der Waals surface area contributed by atoms with Crippen molar-refractivity contribution in [3.05, 3.63) is 29.8 Å². The molecule has 0 unspecified atom stereocenters. The topological polar surface area (TPSA) is 75.4 Å². The summed E-state index contributed by atoms with van der Waals surface area (Å²) in [4.78, 5) is 26.2. The Kier molecular flexibility index (Phi) is 7.12. The molecule has 0 radical (unpaired) electrons. The van der Waals surface area contributed by atoms with Gasteiger partial charge in [-0.25, -0.2) is 0 Å². The highest BCUT2D eigenvalue weighted by atomic mass is 32.2. The molecule has 0 aromatic heterocycles. The number of carbonyl (C=O) groups excluding carboxylic acids is 2. The minimum Gasteiger partial charge on any atom is -0.341 e. The maximum absolute atomic E-state index is 12.3. The Morgan fingerprint density at radius 2 is 1.83 bits per heavy atom. The largest absolute Gasteiger partial charge is 0.341 e. The van der Waals surface area contributed by atoms with E-state index in [4.69, 9.17) is 5.73 Å². The van der Waals surface area contributed by atoms with Crippen LogP contribution in [0.4, 0.5) is 5.69 Å². The van der Waals surface area contributed by atoms with Crippen molar-refractivity contribution in [3.8, 4) is 0 Å². The Morgan fingerprint density at radius 3 is 2.42 bits per heavy atom. The Morgan fingerprint density at radius 1 is 1.21 bits per heavy atom. The van der Waals surface area contributed by atoms with Gasteiger partial charge in [-0.05, 0) is 30.0 Å². The maximum Gasteiger partial charge on any atom is 0.241 e. The number of amides is 2. The van der Waals surface area contributed by atoms with Gasteiger partial charge < -0.3 is 16.0 Å². The van der Waals surface area contributed by atoms with Gasteiger partial charge in [0.05, 0.1) is 12.5 Å². The van der Waals surface area contributed by atoms with Gasteiger partial charge in [0.2, 0.25) is 11.8 Å². The number of anilines is 1. The molecule has 3 N–H and O–H groups in total. The standard InChI is InChI=1S/C18H27N3O2S/c1-13(2)11-16(19)18(23)20-15-5-3-14(4-6-15)12-17(22)21-7-9-24-10-8-21/h3-6,13,16H,7-12,19H2,1-2H3,(H,20,23)/t16-/m0/s1. The van der Waals surface area contributed by atoms with E-state index < -0.39 is 6.04 Å². The maximum atomic E-state index is 12.3. The van der Waals surface area contributed by atoms with Crippen LogP contribution in [0, 0.1) is 5.92 Å². The van der Waals surface area contributed by atoms with Gasteiger partial charge in [0.15, 0.2) is 0 Å². The van der Waals surface area contributed by atoms with E-state index in [2.05, 4.69) is 5.32 Å². The first-order valence-electron chi connectivity index (χ1n) is 8.46. The molecule has 0 bridgehead atoms. The monoisotopic (exact) mass is 349 g/mol. The minimum absolute atomic E-state index is 0.168. The third-order valence-corrected chi connectivity index (χ3v) is 4.95. The second kappa shape index (κ2) is 9.08. The zero-order valence-corrected chi connectivity index (χ0v) is 15.3. The Balaban J connectivity index is 1.86. The number of nitrogens with two attached hydrogens (primary N) is 1. The van der Waals surface area contributed by atoms with Crippen LogP contribution in [0.2, 0.25) is 0 Å². The van der Waals surface area contributed by atoms with Crippen LogP contribution in [0.15, 0.2) is 24.3 Å². The Bertz CT molecular complexity index is 554. The molecule has 1 aromatic rings. The molecule has 0 spiro atoms. The summed E-state index contributed by atoms with van der Waals surface area (Å²) in [5.41, 5.74) is 7.55. The van der Waals surface area contributed by atoms with Crippen LogP contribution in [0.5, 0.6) is 0 Å². The summed E-state index contributed by atoms with van der Waals surface area (Å²) < 4.78 is 0. The molecule has 1 aliphatic rings. The fourth-order valence-electron chi connectivity index (χ4n) is 2.65. The molecule has 2 rings (SSSR count). The van der Waals surface area contributed by atoms with Crippen LogP contribution in [0.3, 0.4) is 0 Å². The molecule has 1 saturated heterocycles. The third kappa shape index (κ3) is 5.83. The van der Waals surface area contributed by atoms with Gasteiger partial charge in [-0.15, -0.1) is 0 Å². The van der Waals surface area contributed by atoms with Crippen molar-refractivity contribution < 1.29 is 9.59 Å². The number of rotatable bonds is 6. The van der Waals surface area contributed by atoms with Gasteiger partial charge in [0, 0.05) is 30.3 Å². The van der Waals surface area contributed by atoms with Gasteiger partial charge in [-0.1, -0.05) is 26.0 Å². The first-order valence-corrected chi connectivity index (χ1v) is 9.62. The molecule has 1 heterocycles. The lowest BCUT2D eigenvalue weighted by atomic mass is 10.0. The molecule has 0 saturated carbocycles. The zero-order valence-electron chi connectivity index (χ0n) is 14.5. The van der Waals surface area contributed by atoms with E-state index in [0.29, 0.717) is 24.4 Å². The van der Waals surface area contributed by atoms with E-state index >= 15 is 0 Å². The van der Waals surface area contributed by atoms with E-state index in [-0.39, 0.29) is 11.8 Å². The molecule has 6 heteroatoms. The van der Waals surface area contributed by atoms with Gasteiger partial charge >= 0.3 is 0 Å². The number of nitrogens with one attached hydrogen (secondary N) is 1. The van der Waals surface area contributed by atoms with Crippen molar-refractivity contribution >= 4 is 29.3 Å². The Labute approximate surface area is 148 Å². The molecule has 5 nitrogen and oxygen atoms in total. The number of carbonyl (C=O) groups is 2. The summed E-state index contributed by atoms with van der Waals surface area (Å²) >= 11 is 1.89. The number of nitrogens with zero attached hydrogens (tertiary/aromatic N) is 1. The fraction of sp³-hybridized carbons (Fsp3) is 0.556. The smallest absolute Gasteiger partial charge is 0.241 e. The van der Waals surface area contributed by atoms with Crippen LogP contribution >= 0.6 is 11.8 Å². The van der Waals surface area contributed by atoms with Crippen LogP contribution < -0.4 is 11.1 Å². The molecule has 1 fully saturated rings. The highest BCUT2D eigenvalue weighted by Crippen LogP contribution is 2.14. The predicted molar refractivity (Wildman–Crippen MR) is 100 cm³/mol. The summed E-state index contributed by atoms with van der Waals surface area (Å²) in [6, 6.07) is 6.94. The number of thioether (sulfide) groups is 1. The fourth-order valence-corrected chi connectivity index (χ4v) is 3.56. The lowest BCUT2D eigenvalue weighted by Gasteiger charge is -2.26. The second-order valence-corrected chi connectivity index (χ2v) is 7.82. The quantitative estimate of drug-likeness (QED) is 0.825. The van der Waals surface area contributed by atoms with Crippen LogP contribution in [-0.4, -0.2) is 47.4 Å². The van der Waals surface area contributed by atoms with E-state index in [1.165, 1.54) is 0 Å². The minimum atomic E-state index is -0.497. The summed E-state index contributed by atoms with van der Waals surface area (Å²) in [5, 5.41) is 2.83. The average molecular weight is 350 g/mol. The Hall–Kier alpha value is -1.53. The molecule has 1 aliphatic heterocycles. The molecule has 2 amide bonds. The van der Waals surface area contributed by atoms with Crippen LogP contribution in [0.25, 0.3) is 0 Å². The number of hydrogen-bond donors (Lipinski definition) is 2. The van der Waals surface area contributed by atoms with Crippen molar-refractivity contribution in [2.24, 2.45) is 11.7 Å². The number of hydrogen-bond acceptors (Lipinski definition) is 4. The average Bonchev–Trinajstić information content (AvgIpc) is 2.56. The molecule has 132 valence electrons. The van der Waals surface area contributed by atoms with Gasteiger partial charge in [0.25, 0.3) is 0 Å². The van der Waals surface area contributed by atoms with E-state index in [9.17, 15) is 9.59 Å². The molecular weight excluding hydrogens is 322 g/mol. The normalized spacial score (nSPS) is 16.1. The highest BCUT2D eigenvalue weighted by molar-refractivity contribution is 7.99. The number of benzene rings is 1. The van der Waals surface area contributed by atoms with Gasteiger partial charge in [-0.2, -0.15) is 11.8 Å². The summed E-state index contributed by atoms with van der Waals surface area (Å²) in [7, 11) is 0. The van der Waals surface area contributed by atoms with Crippen molar-refractivity contribution in [1.29, 1.82) is 0 Å². The molecule has 1 aromatic carbocycles. The summed E-state index contributed by atoms with van der Waals surface area (Å²) in [6.07, 6.45) is 1.07. The summed E-state index contributed by atoms with van der Waals surface area (Å²) in [5.74, 6) is 2.43. The van der Waals surface area contributed by atoms with E-state index in [1.807, 2.05) is 54.8 Å². The van der Waals surface area contributed by atoms with Crippen LogP contribution in [0.1, 0.15) is 25.8 Å². The SMILES string of the molecule is CC(C)C[C@H](N)C(=O)Nc1ccc(CC(=O)N2CCSCC2)cc1. The lowest BCUT2D eigenvalue weighted by Crippen LogP contribution is -2.38. The molecule has 0 aliphatic carbocycles. The molecular formula is C18H27N3O2S. The first kappa shape index (κ1) is 18.8. The van der Waals surface area contributed by atoms with Crippen molar-refractivity contribution in [1.82, 2.24) is 4.90 Å². The lowest BCUT2D eigenvalue weighted by molar-refractivity contribution is -0.130. The summed E-state index contributed by atoms with van der Waals surface area (Å²) in [6.45, 7) is 5.76. The van der Waals surface area contributed by atoms with Crippen molar-refractivity contribution in [2.45, 2.75) is 32.7 Å². The highest BCUT2D eigenvalue weighted by Gasteiger charge is 2.17. The van der Waals surface area contributed by atoms with Crippen LogP contribution in [-0.2, 0) is 16.0 Å². The first-order chi connectivity index (χ1) is 11.5.